The zero-order valence-corrected chi connectivity index (χ0v) is 38.5. The standard InChI is InChI=1S/C51H73N2O9P/c1-59-50(30-31-51(55,47-24-13-8-14-25-47)46-22-11-3-2-4-12-23-46)40-53(33-28-45(50)29-34-53)39-44-37-43(26-27-49(44)61-41-62-63(56,57)58)48(54)38-52-32-16-5-6-17-35-60-36-18-15-21-42-19-9-7-10-20-42/h7-10,13-14,19-20,24-27,37,45-46,48,52,54-55H,2-6,11-12,15-18,21-23,28-29,32-36,38-41H2,1H3,(H-,56,57,58)/p+1/t45?,48?,50-,51?,53?/m1/s1. The third-order valence-electron chi connectivity index (χ3n) is 13.9. The fourth-order valence-electron chi connectivity index (χ4n) is 10.2. The molecule has 4 aliphatic rings. The number of phosphoric ester groups is 1. The lowest BCUT2D eigenvalue weighted by Crippen LogP contribution is -2.68. The number of benzene rings is 3. The first-order valence-electron chi connectivity index (χ1n) is 23.7. The van der Waals surface area contributed by atoms with Crippen molar-refractivity contribution < 1.29 is 47.8 Å². The van der Waals surface area contributed by atoms with Gasteiger partial charge in [0.2, 0.25) is 0 Å². The molecule has 3 atom stereocenters. The van der Waals surface area contributed by atoms with Crippen LogP contribution in [-0.4, -0.2) is 89.9 Å². The van der Waals surface area contributed by atoms with Crippen LogP contribution in [0.4, 0.5) is 0 Å². The van der Waals surface area contributed by atoms with Crippen LogP contribution in [0.15, 0.2) is 78.9 Å². The minimum Gasteiger partial charge on any atom is -0.466 e. The molecule has 1 aliphatic carbocycles. The normalized spacial score (nSPS) is 23.2. The summed E-state index contributed by atoms with van der Waals surface area (Å²) in [6.45, 7) is 5.14. The van der Waals surface area contributed by atoms with Gasteiger partial charge in [-0.25, -0.2) is 9.09 Å². The molecule has 3 saturated heterocycles. The molecule has 0 amide bonds. The molecule has 3 heterocycles. The summed E-state index contributed by atoms with van der Waals surface area (Å²) in [5, 5.41) is 27.4. The number of hydrogen-bond donors (Lipinski definition) is 5. The molecule has 11 nitrogen and oxygen atoms in total. The molecule has 0 radical (unpaired) electrons. The van der Waals surface area contributed by atoms with E-state index in [9.17, 15) is 24.6 Å². The number of methoxy groups -OCH3 is 1. The van der Waals surface area contributed by atoms with Gasteiger partial charge in [-0.05, 0) is 80.3 Å². The largest absolute Gasteiger partial charge is 0.472 e. The summed E-state index contributed by atoms with van der Waals surface area (Å²) in [6, 6.07) is 26.0. The predicted molar refractivity (Wildman–Crippen MR) is 247 cm³/mol. The SMILES string of the molecule is CO[C@]1(C#CC(O)(c2ccccc2)C2CCCCCCC2)C[N+]2(Cc3cc(C(O)CNCCCCCCOCCCCc4ccccc4)ccc3OCOP(=O)(O)O)CCC1CC2. The highest BCUT2D eigenvalue weighted by molar-refractivity contribution is 7.46. The van der Waals surface area contributed by atoms with Crippen molar-refractivity contribution in [3.8, 4) is 17.6 Å². The van der Waals surface area contributed by atoms with E-state index >= 15 is 0 Å². The van der Waals surface area contributed by atoms with Gasteiger partial charge in [-0.2, -0.15) is 0 Å². The highest BCUT2D eigenvalue weighted by Crippen LogP contribution is 2.45. The Balaban J connectivity index is 1.06. The summed E-state index contributed by atoms with van der Waals surface area (Å²) in [5.74, 6) is 7.81. The molecule has 0 aromatic heterocycles. The van der Waals surface area contributed by atoms with Crippen molar-refractivity contribution in [3.63, 3.8) is 0 Å². The van der Waals surface area contributed by atoms with Crippen LogP contribution in [-0.2, 0) is 37.1 Å². The summed E-state index contributed by atoms with van der Waals surface area (Å²) >= 11 is 0. The van der Waals surface area contributed by atoms with E-state index < -0.39 is 31.9 Å². The Labute approximate surface area is 376 Å². The van der Waals surface area contributed by atoms with Crippen LogP contribution >= 0.6 is 7.82 Å². The molecular formula is C51H74N2O9P+. The van der Waals surface area contributed by atoms with Gasteiger partial charge in [0, 0.05) is 57.1 Å². The maximum Gasteiger partial charge on any atom is 0.472 e. The Bertz CT molecular complexity index is 1900. The Kier molecular flexibility index (Phi) is 19.1. The van der Waals surface area contributed by atoms with E-state index in [1.807, 2.05) is 36.4 Å². The smallest absolute Gasteiger partial charge is 0.466 e. The van der Waals surface area contributed by atoms with E-state index in [1.54, 1.807) is 19.2 Å². The van der Waals surface area contributed by atoms with Crippen molar-refractivity contribution >= 4 is 7.82 Å². The van der Waals surface area contributed by atoms with Gasteiger partial charge in [-0.15, -0.1) is 0 Å². The van der Waals surface area contributed by atoms with Crippen LogP contribution in [0.3, 0.4) is 0 Å². The number of aliphatic hydroxyl groups excluding tert-OH is 1. The van der Waals surface area contributed by atoms with Crippen molar-refractivity contribution in [2.75, 3.05) is 59.8 Å². The van der Waals surface area contributed by atoms with E-state index in [0.29, 0.717) is 29.9 Å². The van der Waals surface area contributed by atoms with Crippen LogP contribution in [0, 0.1) is 23.7 Å². The highest BCUT2D eigenvalue weighted by atomic mass is 31.2. The Morgan fingerprint density at radius 3 is 2.22 bits per heavy atom. The first-order chi connectivity index (χ1) is 30.5. The number of piperidine rings is 3. The number of rotatable bonds is 24. The number of phosphoric acid groups is 1. The third kappa shape index (κ3) is 14.7. The first-order valence-corrected chi connectivity index (χ1v) is 25.2. The number of aryl methyl sites for hydroxylation is 1. The second kappa shape index (κ2) is 24.4. The van der Waals surface area contributed by atoms with E-state index in [-0.39, 0.29) is 11.8 Å². The summed E-state index contributed by atoms with van der Waals surface area (Å²) < 4.78 is 35.1. The molecule has 4 fully saturated rings. The lowest BCUT2D eigenvalue weighted by molar-refractivity contribution is -0.961. The fourth-order valence-corrected chi connectivity index (χ4v) is 10.4. The molecule has 0 spiro atoms. The lowest BCUT2D eigenvalue weighted by atomic mass is 9.71. The lowest BCUT2D eigenvalue weighted by Gasteiger charge is -2.56. The van der Waals surface area contributed by atoms with Gasteiger partial charge in [0.25, 0.3) is 0 Å². The second-order valence-electron chi connectivity index (χ2n) is 18.3. The molecule has 3 aliphatic heterocycles. The summed E-state index contributed by atoms with van der Waals surface area (Å²) in [6.07, 6.45) is 16.3. The average molecular weight is 890 g/mol. The Hall–Kier alpha value is -3.11. The van der Waals surface area contributed by atoms with Crippen molar-refractivity contribution in [1.29, 1.82) is 0 Å². The third-order valence-corrected chi connectivity index (χ3v) is 14.3. The Morgan fingerprint density at radius 2 is 1.52 bits per heavy atom. The minimum atomic E-state index is -4.75. The number of fused-ring (bicyclic) bond motifs is 3. The number of nitrogens with zero attached hydrogens (tertiary/aromatic N) is 1. The molecule has 7 rings (SSSR count). The van der Waals surface area contributed by atoms with E-state index in [2.05, 4.69) is 52.0 Å². The molecule has 2 unspecified atom stereocenters. The van der Waals surface area contributed by atoms with E-state index in [0.717, 1.165) is 133 Å². The number of nitrogens with one attached hydrogen (secondary N) is 1. The minimum absolute atomic E-state index is 0.0282. The molecule has 1 saturated carbocycles. The second-order valence-corrected chi connectivity index (χ2v) is 19.6. The van der Waals surface area contributed by atoms with E-state index in [1.165, 1.54) is 24.8 Å². The van der Waals surface area contributed by atoms with E-state index in [4.69, 9.17) is 14.2 Å². The van der Waals surface area contributed by atoms with Gasteiger partial charge >= 0.3 is 7.82 Å². The number of unbranched alkanes of at least 4 members (excludes halogenated alkanes) is 4. The predicted octanol–water partition coefficient (Wildman–Crippen LogP) is 8.73. The first kappa shape index (κ1) is 49.3. The van der Waals surface area contributed by atoms with Gasteiger partial charge in [-0.3, -0.25) is 0 Å². The van der Waals surface area contributed by atoms with Crippen LogP contribution in [0.2, 0.25) is 0 Å². The Morgan fingerprint density at radius 1 is 0.857 bits per heavy atom. The number of aliphatic hydroxyl groups is 2. The van der Waals surface area contributed by atoms with Gasteiger partial charge < -0.3 is 44.0 Å². The molecule has 5 N–H and O–H groups in total. The van der Waals surface area contributed by atoms with Gasteiger partial charge in [0.05, 0.1) is 19.2 Å². The number of ether oxygens (including phenoxy) is 3. The molecule has 12 heteroatoms. The molecule has 3 aromatic carbocycles. The summed E-state index contributed by atoms with van der Waals surface area (Å²) in [7, 11) is -3.01. The highest BCUT2D eigenvalue weighted by Gasteiger charge is 2.56. The number of quaternary nitrogens is 1. The zero-order chi connectivity index (χ0) is 44.4. The zero-order valence-electron chi connectivity index (χ0n) is 37.6. The van der Waals surface area contributed by atoms with Crippen LogP contribution in [0.1, 0.15) is 125 Å². The van der Waals surface area contributed by atoms with Gasteiger partial charge in [-0.1, -0.05) is 124 Å². The summed E-state index contributed by atoms with van der Waals surface area (Å²) in [4.78, 5) is 18.7. The van der Waals surface area contributed by atoms with Crippen molar-refractivity contribution in [1.82, 2.24) is 5.32 Å². The topological polar surface area (TPSA) is 147 Å². The average Bonchev–Trinajstić information content (AvgIpc) is 3.28. The van der Waals surface area contributed by atoms with Gasteiger partial charge in [0.15, 0.2) is 18.0 Å². The van der Waals surface area contributed by atoms with Crippen molar-refractivity contribution in [3.05, 3.63) is 101 Å². The summed E-state index contributed by atoms with van der Waals surface area (Å²) in [5.41, 5.74) is 1.70. The van der Waals surface area contributed by atoms with Crippen molar-refractivity contribution in [2.24, 2.45) is 11.8 Å². The number of hydrogen-bond acceptors (Lipinski definition) is 8. The molecular weight excluding hydrogens is 816 g/mol. The van der Waals surface area contributed by atoms with Gasteiger partial charge in [0.1, 0.15) is 18.8 Å². The molecule has 2 bridgehead atoms. The fraction of sp³-hybridized carbons (Fsp3) is 0.608. The van der Waals surface area contributed by atoms with Crippen LogP contribution < -0.4 is 10.1 Å². The molecule has 63 heavy (non-hydrogen) atoms. The molecule has 3 aromatic rings. The monoisotopic (exact) mass is 890 g/mol. The van der Waals surface area contributed by atoms with Crippen LogP contribution in [0.5, 0.6) is 5.75 Å². The maximum atomic E-state index is 12.6. The van der Waals surface area contributed by atoms with Crippen molar-refractivity contribution in [2.45, 2.75) is 127 Å². The molecule has 346 valence electrons. The van der Waals surface area contributed by atoms with Crippen LogP contribution in [0.25, 0.3) is 0 Å². The quantitative estimate of drug-likeness (QED) is 0.0195. The maximum absolute atomic E-state index is 12.6.